The number of hydrogen-bond donors (Lipinski definition) is 4. The minimum atomic E-state index is -0.470. The first-order chi connectivity index (χ1) is 10.6. The predicted octanol–water partition coefficient (Wildman–Crippen LogP) is -0.0513. The molecule has 1 rings (SSSR count). The molecule has 0 saturated carbocycles. The van der Waals surface area contributed by atoms with Crippen LogP contribution in [-0.2, 0) is 4.74 Å². The van der Waals surface area contributed by atoms with E-state index in [2.05, 4.69) is 10.7 Å². The van der Waals surface area contributed by atoms with Gasteiger partial charge in [-0.05, 0) is 12.1 Å². The van der Waals surface area contributed by atoms with Crippen molar-refractivity contribution in [3.8, 4) is 0 Å². The summed E-state index contributed by atoms with van der Waals surface area (Å²) >= 11 is 0. The number of benzene rings is 1. The number of hydrogen-bond acceptors (Lipinski definition) is 8. The average Bonchev–Trinajstić information content (AvgIpc) is 2.52. The third-order valence-electron chi connectivity index (χ3n) is 2.85. The molecule has 0 saturated heterocycles. The second-order valence-corrected chi connectivity index (χ2v) is 4.39. The second kappa shape index (κ2) is 9.90. The van der Waals surface area contributed by atoms with Crippen molar-refractivity contribution in [2.24, 2.45) is 0 Å². The molecule has 0 aliphatic carbocycles. The highest BCUT2D eigenvalue weighted by molar-refractivity contribution is 5.68. The summed E-state index contributed by atoms with van der Waals surface area (Å²) in [6, 6.07) is 4.71. The number of ether oxygens (including phenoxy) is 1. The van der Waals surface area contributed by atoms with Crippen LogP contribution < -0.4 is 15.8 Å². The number of anilines is 2. The summed E-state index contributed by atoms with van der Waals surface area (Å²) in [6.45, 7) is 1.21. The van der Waals surface area contributed by atoms with Gasteiger partial charge in [0.15, 0.2) is 0 Å². The Morgan fingerprint density at radius 2 is 2.09 bits per heavy atom. The average molecular weight is 314 g/mol. The zero-order valence-corrected chi connectivity index (χ0v) is 12.5. The molecular weight excluding hydrogens is 292 g/mol. The summed E-state index contributed by atoms with van der Waals surface area (Å²) in [5.74, 6) is 0. The highest BCUT2D eigenvalue weighted by atomic mass is 16.6. The third-order valence-corrected chi connectivity index (χ3v) is 2.85. The summed E-state index contributed by atoms with van der Waals surface area (Å²) in [5, 5.41) is 33.6. The highest BCUT2D eigenvalue weighted by Gasteiger charge is 2.17. The van der Waals surface area contributed by atoms with E-state index in [1.807, 2.05) is 0 Å². The Morgan fingerprint density at radius 3 is 2.68 bits per heavy atom. The van der Waals surface area contributed by atoms with E-state index in [0.717, 1.165) is 0 Å². The van der Waals surface area contributed by atoms with Crippen molar-refractivity contribution in [2.75, 3.05) is 56.9 Å². The molecule has 0 spiro atoms. The zero-order valence-electron chi connectivity index (χ0n) is 12.5. The number of aliphatic hydroxyl groups excluding tert-OH is 2. The molecule has 0 atom stereocenters. The topological polar surface area (TPSA) is 120 Å². The van der Waals surface area contributed by atoms with Crippen molar-refractivity contribution in [2.45, 2.75) is 0 Å². The van der Waals surface area contributed by atoms with Gasteiger partial charge < -0.3 is 25.3 Å². The van der Waals surface area contributed by atoms with Crippen LogP contribution in [-0.4, -0.2) is 61.7 Å². The van der Waals surface area contributed by atoms with Crippen molar-refractivity contribution in [1.29, 1.82) is 0 Å². The van der Waals surface area contributed by atoms with Gasteiger partial charge in [0.2, 0.25) is 0 Å². The number of methoxy groups -OCH3 is 1. The summed E-state index contributed by atoms with van der Waals surface area (Å²) in [6.07, 6.45) is 0. The molecule has 0 bridgehead atoms. The van der Waals surface area contributed by atoms with E-state index in [1.165, 1.54) is 6.07 Å². The van der Waals surface area contributed by atoms with E-state index in [1.54, 1.807) is 24.3 Å². The maximum atomic E-state index is 11.2. The number of nitro benzene ring substituents is 1. The molecule has 4 N–H and O–H groups in total. The minimum Gasteiger partial charge on any atom is -0.395 e. The summed E-state index contributed by atoms with van der Waals surface area (Å²) in [4.78, 5) is 10.7. The first-order valence-electron chi connectivity index (χ1n) is 6.88. The minimum absolute atomic E-state index is 0.0673. The van der Waals surface area contributed by atoms with Crippen LogP contribution in [0.2, 0.25) is 0 Å². The van der Waals surface area contributed by atoms with Crippen LogP contribution in [0.15, 0.2) is 18.2 Å². The Balaban J connectivity index is 2.95. The van der Waals surface area contributed by atoms with Gasteiger partial charge in [-0.25, -0.2) is 5.43 Å². The smallest absolute Gasteiger partial charge is 0.294 e. The number of nitro groups is 1. The van der Waals surface area contributed by atoms with Crippen molar-refractivity contribution in [1.82, 2.24) is 5.43 Å². The molecule has 22 heavy (non-hydrogen) atoms. The highest BCUT2D eigenvalue weighted by Crippen LogP contribution is 2.29. The van der Waals surface area contributed by atoms with Gasteiger partial charge in [0, 0.05) is 26.3 Å². The summed E-state index contributed by atoms with van der Waals surface area (Å²) < 4.78 is 4.90. The van der Waals surface area contributed by atoms with Gasteiger partial charge in [-0.2, -0.15) is 0 Å². The van der Waals surface area contributed by atoms with E-state index in [0.29, 0.717) is 24.5 Å². The number of rotatable bonds is 11. The van der Waals surface area contributed by atoms with E-state index in [4.69, 9.17) is 14.9 Å². The van der Waals surface area contributed by atoms with Crippen LogP contribution in [0.4, 0.5) is 17.1 Å². The van der Waals surface area contributed by atoms with E-state index in [-0.39, 0.29) is 32.0 Å². The fraction of sp³-hybridized carbons (Fsp3) is 0.538. The number of nitrogens with zero attached hydrogens (tertiary/aromatic N) is 2. The van der Waals surface area contributed by atoms with Gasteiger partial charge in [-0.1, -0.05) is 0 Å². The Kier molecular flexibility index (Phi) is 8.15. The molecule has 0 unspecified atom stereocenters. The molecule has 0 aromatic heterocycles. The molecule has 0 amide bonds. The van der Waals surface area contributed by atoms with Crippen molar-refractivity contribution >= 4 is 17.1 Å². The van der Waals surface area contributed by atoms with Crippen molar-refractivity contribution in [3.05, 3.63) is 28.3 Å². The molecule has 9 nitrogen and oxygen atoms in total. The van der Waals surface area contributed by atoms with Crippen LogP contribution >= 0.6 is 0 Å². The molecule has 1 aromatic carbocycles. The zero-order chi connectivity index (χ0) is 16.4. The van der Waals surface area contributed by atoms with Crippen LogP contribution in [0.25, 0.3) is 0 Å². The SMILES string of the molecule is COCCNc1ccc(N(CCO)NCCO)cc1[N+](=O)[O-]. The molecule has 9 heteroatoms. The van der Waals surface area contributed by atoms with Gasteiger partial charge in [-0.15, -0.1) is 0 Å². The fourth-order valence-corrected chi connectivity index (χ4v) is 1.86. The van der Waals surface area contributed by atoms with E-state index in [9.17, 15) is 10.1 Å². The quantitative estimate of drug-likeness (QED) is 0.255. The summed E-state index contributed by atoms with van der Waals surface area (Å²) in [5.41, 5.74) is 3.75. The largest absolute Gasteiger partial charge is 0.395 e. The molecule has 1 aromatic rings. The lowest BCUT2D eigenvalue weighted by Gasteiger charge is -2.24. The number of aliphatic hydroxyl groups is 2. The summed E-state index contributed by atoms with van der Waals surface area (Å²) in [7, 11) is 1.55. The van der Waals surface area contributed by atoms with Crippen LogP contribution in [0, 0.1) is 10.1 Å². The molecule has 0 radical (unpaired) electrons. The van der Waals surface area contributed by atoms with Crippen LogP contribution in [0.3, 0.4) is 0 Å². The lowest BCUT2D eigenvalue weighted by molar-refractivity contribution is -0.383. The third kappa shape index (κ3) is 5.45. The van der Waals surface area contributed by atoms with Gasteiger partial charge in [-0.3, -0.25) is 10.1 Å². The van der Waals surface area contributed by atoms with E-state index >= 15 is 0 Å². The van der Waals surface area contributed by atoms with Gasteiger partial charge in [0.25, 0.3) is 5.69 Å². The first kappa shape index (κ1) is 18.1. The van der Waals surface area contributed by atoms with Crippen LogP contribution in [0.5, 0.6) is 0 Å². The number of nitrogens with one attached hydrogen (secondary N) is 2. The van der Waals surface area contributed by atoms with Crippen molar-refractivity contribution < 1.29 is 19.9 Å². The monoisotopic (exact) mass is 314 g/mol. The Morgan fingerprint density at radius 1 is 1.32 bits per heavy atom. The Hall–Kier alpha value is -1.94. The predicted molar refractivity (Wildman–Crippen MR) is 83.0 cm³/mol. The first-order valence-corrected chi connectivity index (χ1v) is 6.88. The lowest BCUT2D eigenvalue weighted by Crippen LogP contribution is -2.41. The number of hydrazine groups is 1. The second-order valence-electron chi connectivity index (χ2n) is 4.39. The van der Waals surface area contributed by atoms with Gasteiger partial charge >= 0.3 is 0 Å². The van der Waals surface area contributed by atoms with Crippen molar-refractivity contribution in [3.63, 3.8) is 0 Å². The van der Waals surface area contributed by atoms with Crippen LogP contribution in [0.1, 0.15) is 0 Å². The normalized spacial score (nSPS) is 10.5. The molecular formula is C13H22N4O5. The molecule has 124 valence electrons. The van der Waals surface area contributed by atoms with Gasteiger partial charge in [0.05, 0.1) is 37.0 Å². The molecule has 0 aliphatic heterocycles. The maximum Gasteiger partial charge on any atom is 0.294 e. The molecule has 0 fully saturated rings. The van der Waals surface area contributed by atoms with Gasteiger partial charge in [0.1, 0.15) is 5.69 Å². The standard InChI is InChI=1S/C13H22N4O5/c1-22-9-5-14-12-3-2-11(10-13(12)17(20)21)16(6-8-19)15-4-7-18/h2-3,10,14-15,18-19H,4-9H2,1H3. The maximum absolute atomic E-state index is 11.2. The van der Waals surface area contributed by atoms with E-state index < -0.39 is 4.92 Å². The lowest BCUT2D eigenvalue weighted by atomic mass is 10.2. The molecule has 0 heterocycles. The Labute approximate surface area is 128 Å². The Bertz CT molecular complexity index is 472. The fourth-order valence-electron chi connectivity index (χ4n) is 1.86. The molecule has 0 aliphatic rings.